The van der Waals surface area contributed by atoms with E-state index in [1.54, 1.807) is 0 Å². The second-order valence-electron chi connectivity index (χ2n) is 7.16. The molecule has 24 heavy (non-hydrogen) atoms. The molecule has 0 heterocycles. The lowest BCUT2D eigenvalue weighted by atomic mass is 9.88. The van der Waals surface area contributed by atoms with E-state index in [0.29, 0.717) is 12.5 Å². The molecule has 1 amide bonds. The van der Waals surface area contributed by atoms with Gasteiger partial charge in [0.2, 0.25) is 5.91 Å². The molecule has 2 fully saturated rings. The summed E-state index contributed by atoms with van der Waals surface area (Å²) in [6, 6.07) is 20.4. The maximum absolute atomic E-state index is 12.9. The second-order valence-corrected chi connectivity index (χ2v) is 7.16. The van der Waals surface area contributed by atoms with Gasteiger partial charge in [0, 0.05) is 5.92 Å². The fraction of sp³-hybridized carbons (Fsp3) is 0.381. The van der Waals surface area contributed by atoms with E-state index in [-0.39, 0.29) is 11.8 Å². The zero-order valence-corrected chi connectivity index (χ0v) is 13.9. The quantitative estimate of drug-likeness (QED) is 0.839. The number of rotatable bonds is 5. The van der Waals surface area contributed by atoms with Crippen molar-refractivity contribution < 1.29 is 4.79 Å². The van der Waals surface area contributed by atoms with E-state index in [0.717, 1.165) is 18.0 Å². The molecule has 0 aliphatic heterocycles. The summed E-state index contributed by atoms with van der Waals surface area (Å²) in [7, 11) is 0. The Bertz CT molecular complexity index is 685. The minimum atomic E-state index is 0.196. The molecule has 4 rings (SSSR count). The number of nitrogens with one attached hydrogen (secondary N) is 1. The van der Waals surface area contributed by atoms with Crippen molar-refractivity contribution in [1.82, 2.24) is 5.43 Å². The van der Waals surface area contributed by atoms with Crippen molar-refractivity contribution in [2.24, 2.45) is 17.8 Å². The van der Waals surface area contributed by atoms with E-state index in [1.807, 2.05) is 53.5 Å². The largest absolute Gasteiger partial charge is 0.281 e. The summed E-state index contributed by atoms with van der Waals surface area (Å²) in [6.07, 6.45) is 4.88. The predicted molar refractivity (Wildman–Crippen MR) is 96.1 cm³/mol. The summed E-state index contributed by atoms with van der Waals surface area (Å²) in [5.74, 6) is 1.78. The first kappa shape index (κ1) is 15.3. The number of nitrogens with zero attached hydrogens (tertiary/aromatic N) is 1. The number of carbonyl (C=O) groups excluding carboxylic acids is 1. The number of carbonyl (C=O) groups is 1. The van der Waals surface area contributed by atoms with Gasteiger partial charge in [0.1, 0.15) is 0 Å². The van der Waals surface area contributed by atoms with E-state index in [1.165, 1.54) is 24.8 Å². The lowest BCUT2D eigenvalue weighted by molar-refractivity contribution is -0.126. The lowest BCUT2D eigenvalue weighted by Crippen LogP contribution is -2.46. The topological polar surface area (TPSA) is 32.3 Å². The smallest absolute Gasteiger partial charge is 0.241 e. The van der Waals surface area contributed by atoms with Crippen LogP contribution in [0.2, 0.25) is 0 Å². The highest BCUT2D eigenvalue weighted by Gasteiger charge is 2.43. The summed E-state index contributed by atoms with van der Waals surface area (Å²) in [6.45, 7) is 0.678. The number of hydrogen-bond acceptors (Lipinski definition) is 2. The third-order valence-corrected chi connectivity index (χ3v) is 5.57. The molecule has 3 nitrogen and oxygen atoms in total. The van der Waals surface area contributed by atoms with Crippen LogP contribution >= 0.6 is 0 Å². The highest BCUT2D eigenvalue weighted by Crippen LogP contribution is 2.48. The second kappa shape index (κ2) is 6.68. The van der Waals surface area contributed by atoms with E-state index >= 15 is 0 Å². The van der Waals surface area contributed by atoms with Gasteiger partial charge in [-0.25, -0.2) is 0 Å². The highest BCUT2D eigenvalue weighted by molar-refractivity contribution is 5.81. The van der Waals surface area contributed by atoms with Crippen molar-refractivity contribution in [1.29, 1.82) is 0 Å². The number of anilines is 1. The van der Waals surface area contributed by atoms with E-state index in [4.69, 9.17) is 0 Å². The minimum Gasteiger partial charge on any atom is -0.281 e. The summed E-state index contributed by atoms with van der Waals surface area (Å²) in [4.78, 5) is 12.9. The van der Waals surface area contributed by atoms with Crippen molar-refractivity contribution >= 4 is 11.6 Å². The Morgan fingerprint density at radius 3 is 2.29 bits per heavy atom. The molecular weight excluding hydrogens is 296 g/mol. The Morgan fingerprint density at radius 2 is 1.67 bits per heavy atom. The molecule has 2 aromatic rings. The van der Waals surface area contributed by atoms with Crippen LogP contribution in [0.25, 0.3) is 0 Å². The van der Waals surface area contributed by atoms with E-state index in [9.17, 15) is 4.79 Å². The van der Waals surface area contributed by atoms with Crippen LogP contribution < -0.4 is 10.4 Å². The Kier molecular flexibility index (Phi) is 4.24. The number of fused-ring (bicyclic) bond motifs is 2. The molecule has 1 N–H and O–H groups in total. The molecule has 3 heteroatoms. The fourth-order valence-corrected chi connectivity index (χ4v) is 4.35. The van der Waals surface area contributed by atoms with Gasteiger partial charge in [-0.2, -0.15) is 0 Å². The van der Waals surface area contributed by atoms with Crippen LogP contribution in [0.1, 0.15) is 31.2 Å². The van der Waals surface area contributed by atoms with Gasteiger partial charge in [-0.3, -0.25) is 15.2 Å². The number of hydrazine groups is 1. The lowest BCUT2D eigenvalue weighted by Gasteiger charge is -2.29. The summed E-state index contributed by atoms with van der Waals surface area (Å²) in [5.41, 5.74) is 5.42. The average molecular weight is 320 g/mol. The van der Waals surface area contributed by atoms with Crippen LogP contribution in [0.3, 0.4) is 0 Å². The van der Waals surface area contributed by atoms with Gasteiger partial charge < -0.3 is 0 Å². The third-order valence-electron chi connectivity index (χ3n) is 5.57. The molecule has 0 saturated heterocycles. The van der Waals surface area contributed by atoms with Gasteiger partial charge in [-0.15, -0.1) is 0 Å². The van der Waals surface area contributed by atoms with Gasteiger partial charge in [0.05, 0.1) is 12.2 Å². The first-order chi connectivity index (χ1) is 11.8. The number of amides is 1. The Labute approximate surface area is 143 Å². The molecule has 2 aliphatic rings. The SMILES string of the molecule is O=C(NN(Cc1ccccc1)c1ccccc1)[C@@H]1C[C@@H]2CC[C@@H]1C2. The average Bonchev–Trinajstić information content (AvgIpc) is 3.26. The molecule has 0 radical (unpaired) electrons. The Morgan fingerprint density at radius 1 is 0.958 bits per heavy atom. The monoisotopic (exact) mass is 320 g/mol. The van der Waals surface area contributed by atoms with Gasteiger partial charge >= 0.3 is 0 Å². The van der Waals surface area contributed by atoms with Crippen molar-refractivity contribution in [2.45, 2.75) is 32.2 Å². The molecule has 2 aliphatic carbocycles. The highest BCUT2D eigenvalue weighted by atomic mass is 16.2. The van der Waals surface area contributed by atoms with Crippen LogP contribution in [0.5, 0.6) is 0 Å². The minimum absolute atomic E-state index is 0.196. The van der Waals surface area contributed by atoms with Crippen LogP contribution in [-0.2, 0) is 11.3 Å². The molecule has 2 saturated carbocycles. The molecule has 2 bridgehead atoms. The maximum Gasteiger partial charge on any atom is 0.241 e. The fourth-order valence-electron chi connectivity index (χ4n) is 4.35. The molecule has 0 aromatic heterocycles. The van der Waals surface area contributed by atoms with Crippen molar-refractivity contribution in [3.8, 4) is 0 Å². The van der Waals surface area contributed by atoms with Gasteiger partial charge in [-0.05, 0) is 48.8 Å². The molecule has 2 aromatic carbocycles. The van der Waals surface area contributed by atoms with Crippen LogP contribution in [-0.4, -0.2) is 5.91 Å². The number of benzene rings is 2. The Balaban J connectivity index is 1.51. The third kappa shape index (κ3) is 3.16. The first-order valence-electron chi connectivity index (χ1n) is 8.96. The summed E-state index contributed by atoms with van der Waals surface area (Å²) in [5, 5.41) is 1.99. The van der Waals surface area contributed by atoms with Crippen molar-refractivity contribution in [2.75, 3.05) is 5.01 Å². The van der Waals surface area contributed by atoms with Crippen molar-refractivity contribution in [3.05, 3.63) is 66.2 Å². The summed E-state index contributed by atoms with van der Waals surface area (Å²) >= 11 is 0. The van der Waals surface area contributed by atoms with Gasteiger partial charge in [0.25, 0.3) is 0 Å². The predicted octanol–water partition coefficient (Wildman–Crippen LogP) is 4.16. The molecule has 3 atom stereocenters. The van der Waals surface area contributed by atoms with E-state index in [2.05, 4.69) is 17.6 Å². The number of hydrogen-bond donors (Lipinski definition) is 1. The molecule has 0 spiro atoms. The van der Waals surface area contributed by atoms with Gasteiger partial charge in [-0.1, -0.05) is 55.0 Å². The van der Waals surface area contributed by atoms with Crippen LogP contribution in [0.15, 0.2) is 60.7 Å². The van der Waals surface area contributed by atoms with Crippen LogP contribution in [0, 0.1) is 17.8 Å². The molecule has 0 unspecified atom stereocenters. The van der Waals surface area contributed by atoms with Gasteiger partial charge in [0.15, 0.2) is 0 Å². The van der Waals surface area contributed by atoms with E-state index < -0.39 is 0 Å². The zero-order chi connectivity index (χ0) is 16.4. The first-order valence-corrected chi connectivity index (χ1v) is 8.96. The maximum atomic E-state index is 12.9. The van der Waals surface area contributed by atoms with Crippen LogP contribution in [0.4, 0.5) is 5.69 Å². The summed E-state index contributed by atoms with van der Waals surface area (Å²) < 4.78 is 0. The Hall–Kier alpha value is -2.29. The molecular formula is C21H24N2O. The normalized spacial score (nSPS) is 24.8. The standard InChI is InChI=1S/C21H24N2O/c24-21(20-14-17-11-12-18(20)13-17)22-23(19-9-5-2-6-10-19)15-16-7-3-1-4-8-16/h1-10,17-18,20H,11-15H2,(H,22,24)/t17-,18-,20-/m1/s1. The zero-order valence-electron chi connectivity index (χ0n) is 13.9. The molecule has 124 valence electrons. The van der Waals surface area contributed by atoms with Crippen molar-refractivity contribution in [3.63, 3.8) is 0 Å². The number of para-hydroxylation sites is 1.